The highest BCUT2D eigenvalue weighted by Crippen LogP contribution is 2.29. The summed E-state index contributed by atoms with van der Waals surface area (Å²) in [7, 11) is 0. The maximum atomic E-state index is 12.4. The Morgan fingerprint density at radius 1 is 1.39 bits per heavy atom. The van der Waals surface area contributed by atoms with Crippen LogP contribution in [0.25, 0.3) is 0 Å². The third kappa shape index (κ3) is 4.35. The molecular formula is C20H32N2O. The van der Waals surface area contributed by atoms with Crippen molar-refractivity contribution in [1.82, 2.24) is 10.2 Å². The summed E-state index contributed by atoms with van der Waals surface area (Å²) in [4.78, 5) is 14.5. The number of benzene rings is 1. The summed E-state index contributed by atoms with van der Waals surface area (Å²) in [5, 5.41) is 3.35. The van der Waals surface area contributed by atoms with E-state index in [1.807, 2.05) is 0 Å². The monoisotopic (exact) mass is 316 g/mol. The summed E-state index contributed by atoms with van der Waals surface area (Å²) in [5.41, 5.74) is 2.85. The van der Waals surface area contributed by atoms with E-state index in [9.17, 15) is 4.79 Å². The van der Waals surface area contributed by atoms with Crippen LogP contribution in [0.15, 0.2) is 24.3 Å². The second-order valence-electron chi connectivity index (χ2n) is 7.31. The molecule has 1 heterocycles. The zero-order valence-electron chi connectivity index (χ0n) is 14.6. The van der Waals surface area contributed by atoms with Gasteiger partial charge in [0.15, 0.2) is 0 Å². The number of rotatable bonds is 6. The van der Waals surface area contributed by atoms with Gasteiger partial charge in [-0.15, -0.1) is 0 Å². The van der Waals surface area contributed by atoms with Crippen LogP contribution in [-0.2, 0) is 4.79 Å². The average Bonchev–Trinajstić information content (AvgIpc) is 3.43. The van der Waals surface area contributed by atoms with Crippen molar-refractivity contribution >= 4 is 5.91 Å². The van der Waals surface area contributed by atoms with Crippen molar-refractivity contribution in [3.63, 3.8) is 0 Å². The topological polar surface area (TPSA) is 32.3 Å². The fraction of sp³-hybridized carbons (Fsp3) is 0.650. The lowest BCUT2D eigenvalue weighted by atomic mass is 9.87. The molecule has 23 heavy (non-hydrogen) atoms. The molecule has 0 aromatic heterocycles. The highest BCUT2D eigenvalue weighted by molar-refractivity contribution is 5.78. The fourth-order valence-corrected chi connectivity index (χ4v) is 3.46. The standard InChI is InChI=1S/C20H30N2O.H2/c1-3-15(2)16-6-4-7-17(12-16)18-8-5-11-22(14-18)20(23)13-21-19-9-10-19;/h4,6-7,12,15,18-19,21H,3,5,8-11,13-14H2,1-2H3;1H. The molecule has 2 unspecified atom stereocenters. The van der Waals surface area contributed by atoms with Crippen LogP contribution < -0.4 is 5.32 Å². The van der Waals surface area contributed by atoms with Gasteiger partial charge in [-0.25, -0.2) is 0 Å². The van der Waals surface area contributed by atoms with Crippen molar-refractivity contribution in [2.24, 2.45) is 0 Å². The lowest BCUT2D eigenvalue weighted by Crippen LogP contribution is -2.43. The second kappa shape index (κ2) is 7.48. The van der Waals surface area contributed by atoms with Crippen molar-refractivity contribution in [2.45, 2.75) is 63.8 Å². The van der Waals surface area contributed by atoms with Gasteiger partial charge in [-0.3, -0.25) is 4.79 Å². The van der Waals surface area contributed by atoms with E-state index in [1.54, 1.807) is 0 Å². The Morgan fingerprint density at radius 3 is 2.96 bits per heavy atom. The number of amides is 1. The van der Waals surface area contributed by atoms with Crippen molar-refractivity contribution in [2.75, 3.05) is 19.6 Å². The van der Waals surface area contributed by atoms with Gasteiger partial charge in [0.25, 0.3) is 0 Å². The normalized spacial score (nSPS) is 22.9. The second-order valence-corrected chi connectivity index (χ2v) is 7.31. The van der Waals surface area contributed by atoms with E-state index >= 15 is 0 Å². The fourth-order valence-electron chi connectivity index (χ4n) is 3.46. The van der Waals surface area contributed by atoms with Gasteiger partial charge in [-0.2, -0.15) is 0 Å². The van der Waals surface area contributed by atoms with E-state index in [1.165, 1.54) is 36.8 Å². The maximum absolute atomic E-state index is 12.4. The van der Waals surface area contributed by atoms with Crippen molar-refractivity contribution < 1.29 is 6.22 Å². The van der Waals surface area contributed by atoms with E-state index in [0.717, 1.165) is 19.5 Å². The Kier molecular flexibility index (Phi) is 5.37. The Morgan fingerprint density at radius 2 is 2.22 bits per heavy atom. The SMILES string of the molecule is CCC(C)c1cccc(C2CCCN(C(=O)CNC3CC3)C2)c1.[HH]. The Bertz CT molecular complexity index is 544. The molecule has 2 atom stereocenters. The van der Waals surface area contributed by atoms with Crippen LogP contribution in [0.2, 0.25) is 0 Å². The molecule has 0 bridgehead atoms. The summed E-state index contributed by atoms with van der Waals surface area (Å²) in [6, 6.07) is 9.64. The van der Waals surface area contributed by atoms with Crippen LogP contribution in [-0.4, -0.2) is 36.5 Å². The summed E-state index contributed by atoms with van der Waals surface area (Å²) in [5.74, 6) is 1.39. The van der Waals surface area contributed by atoms with Crippen LogP contribution in [0.5, 0.6) is 0 Å². The number of nitrogens with one attached hydrogen (secondary N) is 1. The molecule has 1 aliphatic carbocycles. The number of nitrogens with zero attached hydrogens (tertiary/aromatic N) is 1. The Balaban J connectivity index is 0.00000208. The minimum absolute atomic E-state index is 0. The molecule has 128 valence electrons. The zero-order valence-corrected chi connectivity index (χ0v) is 14.6. The number of piperidine rings is 1. The predicted octanol–water partition coefficient (Wildman–Crippen LogP) is 3.90. The Hall–Kier alpha value is -1.35. The molecule has 3 rings (SSSR count). The van der Waals surface area contributed by atoms with Crippen LogP contribution in [0.1, 0.15) is 70.3 Å². The van der Waals surface area contributed by atoms with Crippen molar-refractivity contribution in [1.29, 1.82) is 0 Å². The zero-order chi connectivity index (χ0) is 16.2. The van der Waals surface area contributed by atoms with E-state index < -0.39 is 0 Å². The summed E-state index contributed by atoms with van der Waals surface area (Å²) < 4.78 is 0. The first-order valence-corrected chi connectivity index (χ1v) is 9.28. The maximum Gasteiger partial charge on any atom is 0.236 e. The van der Waals surface area contributed by atoms with Gasteiger partial charge in [0.2, 0.25) is 5.91 Å². The minimum Gasteiger partial charge on any atom is -0.341 e. The summed E-state index contributed by atoms with van der Waals surface area (Å²) in [6.07, 6.45) is 5.96. The van der Waals surface area contributed by atoms with Gasteiger partial charge >= 0.3 is 0 Å². The van der Waals surface area contributed by atoms with Gasteiger partial charge in [0, 0.05) is 26.5 Å². The van der Waals surface area contributed by atoms with Gasteiger partial charge in [-0.05, 0) is 49.1 Å². The van der Waals surface area contributed by atoms with Crippen LogP contribution in [0.4, 0.5) is 0 Å². The molecule has 1 saturated heterocycles. The molecule has 2 fully saturated rings. The predicted molar refractivity (Wildman–Crippen MR) is 96.8 cm³/mol. The first-order chi connectivity index (χ1) is 11.2. The van der Waals surface area contributed by atoms with Gasteiger partial charge in [0.1, 0.15) is 0 Å². The summed E-state index contributed by atoms with van der Waals surface area (Å²) >= 11 is 0. The van der Waals surface area contributed by atoms with Crippen molar-refractivity contribution in [3.8, 4) is 0 Å². The molecule has 2 aliphatic rings. The molecule has 1 N–H and O–H groups in total. The van der Waals surface area contributed by atoms with E-state index in [0.29, 0.717) is 24.4 Å². The molecule has 1 saturated carbocycles. The largest absolute Gasteiger partial charge is 0.341 e. The first kappa shape index (κ1) is 16.5. The average molecular weight is 316 g/mol. The lowest BCUT2D eigenvalue weighted by molar-refractivity contribution is -0.131. The molecule has 1 aromatic rings. The van der Waals surface area contributed by atoms with Crippen LogP contribution in [0.3, 0.4) is 0 Å². The lowest BCUT2D eigenvalue weighted by Gasteiger charge is -2.33. The summed E-state index contributed by atoms with van der Waals surface area (Å²) in [6.45, 7) is 6.86. The Labute approximate surface area is 141 Å². The van der Waals surface area contributed by atoms with Gasteiger partial charge in [-0.1, -0.05) is 38.1 Å². The first-order valence-electron chi connectivity index (χ1n) is 9.28. The molecule has 1 aliphatic heterocycles. The smallest absolute Gasteiger partial charge is 0.236 e. The molecule has 0 spiro atoms. The van der Waals surface area contributed by atoms with Crippen molar-refractivity contribution in [3.05, 3.63) is 35.4 Å². The quantitative estimate of drug-likeness (QED) is 0.863. The van der Waals surface area contributed by atoms with Gasteiger partial charge in [0.05, 0.1) is 6.54 Å². The number of hydrogen-bond donors (Lipinski definition) is 1. The van der Waals surface area contributed by atoms with Crippen LogP contribution in [0, 0.1) is 0 Å². The number of carbonyl (C=O) groups excluding carboxylic acids is 1. The van der Waals surface area contributed by atoms with E-state index in [-0.39, 0.29) is 7.33 Å². The third-order valence-corrected chi connectivity index (χ3v) is 5.46. The number of likely N-dealkylation sites (tertiary alicyclic amines) is 1. The van der Waals surface area contributed by atoms with Crippen LogP contribution >= 0.6 is 0 Å². The molecule has 1 aromatic carbocycles. The van der Waals surface area contributed by atoms with E-state index in [4.69, 9.17) is 0 Å². The van der Waals surface area contributed by atoms with E-state index in [2.05, 4.69) is 48.3 Å². The van der Waals surface area contributed by atoms with Gasteiger partial charge < -0.3 is 10.2 Å². The minimum atomic E-state index is 0. The number of hydrogen-bond acceptors (Lipinski definition) is 2. The highest BCUT2D eigenvalue weighted by atomic mass is 16.2. The molecule has 0 radical (unpaired) electrons. The molecule has 3 heteroatoms. The molecule has 3 nitrogen and oxygen atoms in total. The number of carbonyl (C=O) groups is 1. The molecular weight excluding hydrogens is 284 g/mol. The molecule has 1 amide bonds. The third-order valence-electron chi connectivity index (χ3n) is 5.46. The highest BCUT2D eigenvalue weighted by Gasteiger charge is 2.27.